The van der Waals surface area contributed by atoms with Crippen molar-refractivity contribution in [2.75, 3.05) is 36.3 Å². The van der Waals surface area contributed by atoms with Crippen LogP contribution in [-0.2, 0) is 19.4 Å². The maximum absolute atomic E-state index is 11.7. The summed E-state index contributed by atoms with van der Waals surface area (Å²) in [6.45, 7) is 1.93. The van der Waals surface area contributed by atoms with Gasteiger partial charge in [-0.05, 0) is 24.6 Å². The number of sulfone groups is 1. The number of anilines is 2. The molecule has 20 heavy (non-hydrogen) atoms. The van der Waals surface area contributed by atoms with Crippen molar-refractivity contribution in [2.45, 2.75) is 13.3 Å². The Balaban J connectivity index is 2.54. The van der Waals surface area contributed by atoms with Gasteiger partial charge < -0.3 is 15.8 Å². The largest absolute Gasteiger partial charge is 0.398 e. The molecular formula is C13H20N2O4S. The number of nitrogens with two attached hydrogens (primary N) is 1. The van der Waals surface area contributed by atoms with Crippen LogP contribution in [0.3, 0.4) is 0 Å². The van der Waals surface area contributed by atoms with Gasteiger partial charge in [0.15, 0.2) is 9.84 Å². The molecule has 1 aromatic rings. The van der Waals surface area contributed by atoms with E-state index in [-0.39, 0.29) is 30.4 Å². The summed E-state index contributed by atoms with van der Waals surface area (Å²) in [5, 5.41) is 2.67. The molecule has 0 heterocycles. The molecule has 0 aromatic heterocycles. The molecule has 0 bridgehead atoms. The molecule has 0 unspecified atom stereocenters. The molecule has 0 atom stereocenters. The van der Waals surface area contributed by atoms with Crippen molar-refractivity contribution in [3.63, 3.8) is 0 Å². The lowest BCUT2D eigenvalue weighted by Gasteiger charge is -2.10. The number of methoxy groups -OCH3 is 1. The summed E-state index contributed by atoms with van der Waals surface area (Å²) in [7, 11) is -1.82. The second kappa shape index (κ2) is 7.25. The molecule has 0 spiro atoms. The quantitative estimate of drug-likeness (QED) is 0.731. The number of nitrogen functional groups attached to an aromatic ring is 1. The molecule has 0 aliphatic rings. The minimum Gasteiger partial charge on any atom is -0.398 e. The van der Waals surface area contributed by atoms with E-state index in [0.717, 1.165) is 5.56 Å². The molecule has 0 aliphatic heterocycles. The van der Waals surface area contributed by atoms with Crippen molar-refractivity contribution in [1.29, 1.82) is 0 Å². The highest BCUT2D eigenvalue weighted by molar-refractivity contribution is 7.91. The van der Waals surface area contributed by atoms with Crippen molar-refractivity contribution in [3.05, 3.63) is 23.8 Å². The van der Waals surface area contributed by atoms with Crippen LogP contribution >= 0.6 is 0 Å². The van der Waals surface area contributed by atoms with Gasteiger partial charge in [-0.15, -0.1) is 0 Å². The van der Waals surface area contributed by atoms with E-state index in [2.05, 4.69) is 5.32 Å². The minimum absolute atomic E-state index is 0.0753. The number of ether oxygens (including phenoxy) is 1. The highest BCUT2D eigenvalue weighted by Gasteiger charge is 2.14. The molecule has 0 fully saturated rings. The van der Waals surface area contributed by atoms with Crippen LogP contribution in [0.2, 0.25) is 0 Å². The summed E-state index contributed by atoms with van der Waals surface area (Å²) >= 11 is 0. The fourth-order valence-corrected chi connectivity index (χ4v) is 2.68. The van der Waals surface area contributed by atoms with E-state index in [0.29, 0.717) is 11.4 Å². The van der Waals surface area contributed by atoms with Gasteiger partial charge in [0, 0.05) is 24.9 Å². The Morgan fingerprint density at radius 3 is 2.70 bits per heavy atom. The third kappa shape index (κ3) is 5.18. The highest BCUT2D eigenvalue weighted by Crippen LogP contribution is 2.20. The van der Waals surface area contributed by atoms with Gasteiger partial charge in [-0.25, -0.2) is 8.42 Å². The average molecular weight is 300 g/mol. The Morgan fingerprint density at radius 1 is 1.35 bits per heavy atom. The summed E-state index contributed by atoms with van der Waals surface area (Å²) in [6, 6.07) is 5.19. The number of hydrogen-bond acceptors (Lipinski definition) is 5. The topological polar surface area (TPSA) is 98.5 Å². The van der Waals surface area contributed by atoms with Crippen molar-refractivity contribution in [2.24, 2.45) is 0 Å². The Kier molecular flexibility index (Phi) is 5.97. The number of carbonyl (C=O) groups excluding carboxylic acids is 1. The number of rotatable bonds is 7. The summed E-state index contributed by atoms with van der Waals surface area (Å²) < 4.78 is 27.9. The highest BCUT2D eigenvalue weighted by atomic mass is 32.2. The first kappa shape index (κ1) is 16.5. The molecule has 6 nitrogen and oxygen atoms in total. The van der Waals surface area contributed by atoms with Gasteiger partial charge >= 0.3 is 0 Å². The van der Waals surface area contributed by atoms with Crippen LogP contribution in [0.4, 0.5) is 11.4 Å². The molecule has 1 aromatic carbocycles. The van der Waals surface area contributed by atoms with Crippen molar-refractivity contribution in [3.8, 4) is 0 Å². The van der Waals surface area contributed by atoms with Crippen molar-refractivity contribution < 1.29 is 17.9 Å². The van der Waals surface area contributed by atoms with Gasteiger partial charge in [0.2, 0.25) is 5.91 Å². The van der Waals surface area contributed by atoms with E-state index in [1.165, 1.54) is 7.11 Å². The van der Waals surface area contributed by atoms with E-state index in [1.54, 1.807) is 25.1 Å². The summed E-state index contributed by atoms with van der Waals surface area (Å²) in [6.07, 6.45) is -0.0830. The van der Waals surface area contributed by atoms with Crippen LogP contribution in [0, 0.1) is 6.92 Å². The van der Waals surface area contributed by atoms with Crippen LogP contribution in [0.25, 0.3) is 0 Å². The van der Waals surface area contributed by atoms with Crippen LogP contribution < -0.4 is 11.1 Å². The van der Waals surface area contributed by atoms with E-state index in [4.69, 9.17) is 10.5 Å². The zero-order valence-corrected chi connectivity index (χ0v) is 12.5. The predicted octanol–water partition coefficient (Wildman–Crippen LogP) is 0.967. The smallest absolute Gasteiger partial charge is 0.225 e. The van der Waals surface area contributed by atoms with Crippen LogP contribution in [0.15, 0.2) is 18.2 Å². The lowest BCUT2D eigenvalue weighted by Crippen LogP contribution is -2.21. The van der Waals surface area contributed by atoms with Crippen molar-refractivity contribution >= 4 is 27.1 Å². The van der Waals surface area contributed by atoms with Crippen molar-refractivity contribution in [1.82, 2.24) is 0 Å². The first-order valence-electron chi connectivity index (χ1n) is 6.20. The molecule has 1 amide bonds. The predicted molar refractivity (Wildman–Crippen MR) is 79.4 cm³/mol. The zero-order chi connectivity index (χ0) is 15.2. The zero-order valence-electron chi connectivity index (χ0n) is 11.7. The van der Waals surface area contributed by atoms with Crippen LogP contribution in [0.5, 0.6) is 0 Å². The third-order valence-corrected chi connectivity index (χ3v) is 4.50. The molecule has 7 heteroatoms. The standard InChI is InChI=1S/C13H20N2O4S/c1-10-11(14)4-3-5-12(10)15-13(16)6-8-20(17,18)9-7-19-2/h3-5H,6-9,14H2,1-2H3,(H,15,16). The fraction of sp³-hybridized carbons (Fsp3) is 0.462. The number of nitrogens with one attached hydrogen (secondary N) is 1. The van der Waals surface area contributed by atoms with Crippen LogP contribution in [0.1, 0.15) is 12.0 Å². The number of amides is 1. The maximum Gasteiger partial charge on any atom is 0.225 e. The molecule has 112 valence electrons. The Labute approximate surface area is 119 Å². The summed E-state index contributed by atoms with van der Waals surface area (Å²) in [5.74, 6) is -0.614. The van der Waals surface area contributed by atoms with Crippen LogP contribution in [-0.4, -0.2) is 39.5 Å². The Morgan fingerprint density at radius 2 is 2.05 bits per heavy atom. The normalized spacial score (nSPS) is 11.3. The van der Waals surface area contributed by atoms with E-state index in [1.807, 2.05) is 0 Å². The molecular weight excluding hydrogens is 280 g/mol. The second-order valence-corrected chi connectivity index (χ2v) is 6.77. The lowest BCUT2D eigenvalue weighted by atomic mass is 10.1. The molecule has 3 N–H and O–H groups in total. The van der Waals surface area contributed by atoms with Gasteiger partial charge in [-0.2, -0.15) is 0 Å². The SMILES string of the molecule is COCCS(=O)(=O)CCC(=O)Nc1cccc(N)c1C. The molecule has 0 radical (unpaired) electrons. The van der Waals surface area contributed by atoms with Gasteiger partial charge in [0.1, 0.15) is 0 Å². The fourth-order valence-electron chi connectivity index (χ4n) is 1.56. The average Bonchev–Trinajstić information content (AvgIpc) is 2.40. The molecule has 0 saturated carbocycles. The van der Waals surface area contributed by atoms with Gasteiger partial charge in [-0.1, -0.05) is 6.07 Å². The second-order valence-electron chi connectivity index (χ2n) is 4.46. The number of benzene rings is 1. The molecule has 0 saturated heterocycles. The number of hydrogen-bond donors (Lipinski definition) is 2. The third-order valence-electron chi connectivity index (χ3n) is 2.89. The van der Waals surface area contributed by atoms with Gasteiger partial charge in [-0.3, -0.25) is 4.79 Å². The molecule has 1 rings (SSSR count). The monoisotopic (exact) mass is 300 g/mol. The molecule has 0 aliphatic carbocycles. The first-order chi connectivity index (χ1) is 9.35. The summed E-state index contributed by atoms with van der Waals surface area (Å²) in [5.41, 5.74) is 7.68. The maximum atomic E-state index is 11.7. The van der Waals surface area contributed by atoms with E-state index in [9.17, 15) is 13.2 Å². The summed E-state index contributed by atoms with van der Waals surface area (Å²) in [4.78, 5) is 11.7. The van der Waals surface area contributed by atoms with E-state index >= 15 is 0 Å². The Hall–Kier alpha value is -1.60. The number of carbonyl (C=O) groups is 1. The first-order valence-corrected chi connectivity index (χ1v) is 8.02. The lowest BCUT2D eigenvalue weighted by molar-refractivity contribution is -0.115. The van der Waals surface area contributed by atoms with Gasteiger partial charge in [0.25, 0.3) is 0 Å². The Bertz CT molecular complexity index is 570. The van der Waals surface area contributed by atoms with E-state index < -0.39 is 9.84 Å². The minimum atomic E-state index is -3.26. The van der Waals surface area contributed by atoms with Gasteiger partial charge in [0.05, 0.1) is 18.1 Å².